The lowest BCUT2D eigenvalue weighted by atomic mass is 10.1. The van der Waals surface area contributed by atoms with Crippen LogP contribution in [0.25, 0.3) is 0 Å². The number of nitrogens with zero attached hydrogens (tertiary/aromatic N) is 4. The van der Waals surface area contributed by atoms with Gasteiger partial charge in [-0.05, 0) is 19.9 Å². The van der Waals surface area contributed by atoms with Gasteiger partial charge in [-0.25, -0.2) is 0 Å². The van der Waals surface area contributed by atoms with Crippen molar-refractivity contribution in [1.29, 1.82) is 0 Å². The molecule has 0 saturated heterocycles. The van der Waals surface area contributed by atoms with Gasteiger partial charge < -0.3 is 10.2 Å². The molecule has 0 unspecified atom stereocenters. The molecule has 5 nitrogen and oxygen atoms in total. The van der Waals surface area contributed by atoms with Gasteiger partial charge in [-0.15, -0.1) is 5.10 Å². The molecule has 1 aliphatic rings. The van der Waals surface area contributed by atoms with Crippen LogP contribution in [0, 0.1) is 0 Å². The van der Waals surface area contributed by atoms with E-state index in [0.717, 1.165) is 31.4 Å². The van der Waals surface area contributed by atoms with E-state index < -0.39 is 0 Å². The molecule has 0 radical (unpaired) electrons. The quantitative estimate of drug-likeness (QED) is 0.784. The van der Waals surface area contributed by atoms with E-state index in [1.807, 2.05) is 4.68 Å². The minimum absolute atomic E-state index is 0.483. The first-order valence-electron chi connectivity index (χ1n) is 8.48. The highest BCUT2D eigenvalue weighted by Crippen LogP contribution is 2.20. The summed E-state index contributed by atoms with van der Waals surface area (Å²) < 4.78 is 1.98. The Balaban J connectivity index is 1.74. The van der Waals surface area contributed by atoms with Gasteiger partial charge in [-0.1, -0.05) is 44.7 Å². The van der Waals surface area contributed by atoms with Crippen molar-refractivity contribution in [2.75, 3.05) is 13.6 Å². The van der Waals surface area contributed by atoms with Crippen LogP contribution in [0.4, 0.5) is 0 Å². The minimum atomic E-state index is 0.483. The van der Waals surface area contributed by atoms with Crippen LogP contribution in [-0.4, -0.2) is 45.6 Å². The molecule has 2 rings (SSSR count). The second-order valence-corrected chi connectivity index (χ2v) is 6.63. The zero-order valence-corrected chi connectivity index (χ0v) is 13.9. The number of hydrogen-bond donors (Lipinski definition) is 1. The van der Waals surface area contributed by atoms with Crippen molar-refractivity contribution in [3.63, 3.8) is 0 Å². The van der Waals surface area contributed by atoms with E-state index >= 15 is 0 Å². The van der Waals surface area contributed by atoms with E-state index in [1.165, 1.54) is 38.5 Å². The molecule has 5 heteroatoms. The van der Waals surface area contributed by atoms with Crippen LogP contribution in [0.1, 0.15) is 58.1 Å². The summed E-state index contributed by atoms with van der Waals surface area (Å²) in [5.74, 6) is 0. The number of hydrogen-bond acceptors (Lipinski definition) is 4. The van der Waals surface area contributed by atoms with Crippen LogP contribution >= 0.6 is 0 Å². The summed E-state index contributed by atoms with van der Waals surface area (Å²) in [6.45, 7) is 7.08. The lowest BCUT2D eigenvalue weighted by Gasteiger charge is -2.26. The van der Waals surface area contributed by atoms with Crippen molar-refractivity contribution in [3.05, 3.63) is 11.9 Å². The van der Waals surface area contributed by atoms with Crippen LogP contribution in [0.2, 0.25) is 0 Å². The Morgan fingerprint density at radius 1 is 1.29 bits per heavy atom. The highest BCUT2D eigenvalue weighted by atomic mass is 15.4. The summed E-state index contributed by atoms with van der Waals surface area (Å²) in [6.07, 6.45) is 10.4. The van der Waals surface area contributed by atoms with Gasteiger partial charge in [0.1, 0.15) is 0 Å². The Kier molecular flexibility index (Phi) is 6.64. The largest absolute Gasteiger partial charge is 0.309 e. The molecule has 1 aliphatic carbocycles. The summed E-state index contributed by atoms with van der Waals surface area (Å²) in [7, 11) is 2.26. The molecule has 0 aliphatic heterocycles. The van der Waals surface area contributed by atoms with Gasteiger partial charge in [0.15, 0.2) is 0 Å². The molecule has 0 atom stereocenters. The molecule has 1 fully saturated rings. The van der Waals surface area contributed by atoms with Gasteiger partial charge in [-0.3, -0.25) is 4.68 Å². The molecular weight excluding hydrogens is 262 g/mol. The third-order valence-corrected chi connectivity index (χ3v) is 4.41. The first kappa shape index (κ1) is 16.4. The molecule has 1 saturated carbocycles. The molecule has 1 aromatic rings. The normalized spacial score (nSPS) is 17.6. The van der Waals surface area contributed by atoms with Crippen molar-refractivity contribution < 1.29 is 0 Å². The molecule has 1 aromatic heterocycles. The van der Waals surface area contributed by atoms with Crippen molar-refractivity contribution in [2.24, 2.45) is 0 Å². The van der Waals surface area contributed by atoms with E-state index in [1.54, 1.807) is 0 Å². The SMILES string of the molecule is CC(C)NCc1cn(CCN(C)C2CCCCCC2)nn1. The lowest BCUT2D eigenvalue weighted by molar-refractivity contribution is 0.210. The Morgan fingerprint density at radius 3 is 2.67 bits per heavy atom. The van der Waals surface area contributed by atoms with E-state index in [-0.39, 0.29) is 0 Å². The number of aromatic nitrogens is 3. The zero-order valence-electron chi connectivity index (χ0n) is 13.9. The van der Waals surface area contributed by atoms with Crippen molar-refractivity contribution in [1.82, 2.24) is 25.2 Å². The summed E-state index contributed by atoms with van der Waals surface area (Å²) in [6, 6.07) is 1.25. The highest BCUT2D eigenvalue weighted by molar-refractivity contribution is 4.91. The fraction of sp³-hybridized carbons (Fsp3) is 0.875. The standard InChI is InChI=1S/C16H31N5/c1-14(2)17-12-15-13-21(19-18-15)11-10-20(3)16-8-6-4-5-7-9-16/h13-14,16-17H,4-12H2,1-3H3. The predicted octanol–water partition coefficient (Wildman–Crippen LogP) is 2.43. The lowest BCUT2D eigenvalue weighted by Crippen LogP contribution is -2.34. The predicted molar refractivity (Wildman–Crippen MR) is 86.1 cm³/mol. The monoisotopic (exact) mass is 293 g/mol. The topological polar surface area (TPSA) is 46.0 Å². The first-order chi connectivity index (χ1) is 10.1. The third kappa shape index (κ3) is 5.75. The fourth-order valence-corrected chi connectivity index (χ4v) is 2.98. The van der Waals surface area contributed by atoms with Gasteiger partial charge in [0.2, 0.25) is 0 Å². The Bertz CT molecular complexity index is 393. The van der Waals surface area contributed by atoms with Crippen LogP contribution in [0.5, 0.6) is 0 Å². The van der Waals surface area contributed by atoms with Gasteiger partial charge in [0.25, 0.3) is 0 Å². The molecule has 1 N–H and O–H groups in total. The van der Waals surface area contributed by atoms with Crippen LogP contribution in [0.3, 0.4) is 0 Å². The molecule has 0 bridgehead atoms. The second-order valence-electron chi connectivity index (χ2n) is 6.63. The molecular formula is C16H31N5. The van der Waals surface area contributed by atoms with E-state index in [2.05, 4.69) is 47.6 Å². The Morgan fingerprint density at radius 2 is 2.00 bits per heavy atom. The highest BCUT2D eigenvalue weighted by Gasteiger charge is 2.16. The average Bonchev–Trinajstić information content (AvgIpc) is 2.74. The van der Waals surface area contributed by atoms with Crippen molar-refractivity contribution in [2.45, 2.75) is 77.5 Å². The maximum Gasteiger partial charge on any atom is 0.0964 e. The van der Waals surface area contributed by atoms with E-state index in [4.69, 9.17) is 0 Å². The van der Waals surface area contributed by atoms with Crippen molar-refractivity contribution >= 4 is 0 Å². The molecule has 0 amide bonds. The third-order valence-electron chi connectivity index (χ3n) is 4.41. The second kappa shape index (κ2) is 8.49. The van der Waals surface area contributed by atoms with Crippen molar-refractivity contribution in [3.8, 4) is 0 Å². The van der Waals surface area contributed by atoms with Gasteiger partial charge >= 0.3 is 0 Å². The molecule has 21 heavy (non-hydrogen) atoms. The van der Waals surface area contributed by atoms with E-state index in [9.17, 15) is 0 Å². The van der Waals surface area contributed by atoms with Crippen LogP contribution in [0.15, 0.2) is 6.20 Å². The minimum Gasteiger partial charge on any atom is -0.309 e. The smallest absolute Gasteiger partial charge is 0.0964 e. The number of likely N-dealkylation sites (N-methyl/N-ethyl adjacent to an activating group) is 1. The Hall–Kier alpha value is -0.940. The maximum absolute atomic E-state index is 4.23. The Labute approximate surface area is 129 Å². The van der Waals surface area contributed by atoms with E-state index in [0.29, 0.717) is 6.04 Å². The zero-order chi connectivity index (χ0) is 15.1. The van der Waals surface area contributed by atoms with Crippen LogP contribution in [-0.2, 0) is 13.1 Å². The number of nitrogens with one attached hydrogen (secondary N) is 1. The first-order valence-corrected chi connectivity index (χ1v) is 8.48. The van der Waals surface area contributed by atoms with Crippen LogP contribution < -0.4 is 5.32 Å². The summed E-state index contributed by atoms with van der Waals surface area (Å²) >= 11 is 0. The summed E-state index contributed by atoms with van der Waals surface area (Å²) in [5.41, 5.74) is 1.03. The molecule has 1 heterocycles. The molecule has 0 spiro atoms. The number of rotatable bonds is 7. The van der Waals surface area contributed by atoms with Gasteiger partial charge in [0.05, 0.1) is 12.2 Å². The maximum atomic E-state index is 4.23. The average molecular weight is 293 g/mol. The molecule has 0 aromatic carbocycles. The summed E-state index contributed by atoms with van der Waals surface area (Å²) in [4.78, 5) is 2.51. The van der Waals surface area contributed by atoms with Gasteiger partial charge in [0, 0.05) is 31.4 Å². The van der Waals surface area contributed by atoms with Gasteiger partial charge in [-0.2, -0.15) is 0 Å². The molecule has 120 valence electrons. The fourth-order valence-electron chi connectivity index (χ4n) is 2.98. The summed E-state index contributed by atoms with van der Waals surface area (Å²) in [5, 5.41) is 11.8.